The van der Waals surface area contributed by atoms with Crippen molar-refractivity contribution in [3.05, 3.63) is 28.8 Å². The van der Waals surface area contributed by atoms with Crippen LogP contribution < -0.4 is 5.32 Å². The highest BCUT2D eigenvalue weighted by Gasteiger charge is 2.33. The van der Waals surface area contributed by atoms with Crippen molar-refractivity contribution in [1.82, 2.24) is 9.80 Å². The number of ether oxygens (including phenoxy) is 1. The summed E-state index contributed by atoms with van der Waals surface area (Å²) in [5, 5.41) is 2.54. The molecular formula is C20H25ClF3N3O3. The van der Waals surface area contributed by atoms with Gasteiger partial charge in [-0.1, -0.05) is 11.6 Å². The van der Waals surface area contributed by atoms with Crippen LogP contribution in [0, 0.1) is 5.92 Å². The minimum Gasteiger partial charge on any atom is -0.378 e. The number of hydrogen-bond donors (Lipinski definition) is 1. The topological polar surface area (TPSA) is 61.9 Å². The molecular weight excluding hydrogens is 423 g/mol. The average molecular weight is 448 g/mol. The predicted molar refractivity (Wildman–Crippen MR) is 106 cm³/mol. The van der Waals surface area contributed by atoms with E-state index in [0.717, 1.165) is 18.2 Å². The quantitative estimate of drug-likeness (QED) is 0.769. The van der Waals surface area contributed by atoms with Gasteiger partial charge in [0.2, 0.25) is 11.8 Å². The number of nitrogens with one attached hydrogen (secondary N) is 1. The second-order valence-corrected chi connectivity index (χ2v) is 8.01. The molecule has 0 bridgehead atoms. The van der Waals surface area contributed by atoms with Crippen molar-refractivity contribution >= 4 is 29.1 Å². The van der Waals surface area contributed by atoms with Crippen molar-refractivity contribution in [2.24, 2.45) is 5.92 Å². The van der Waals surface area contributed by atoms with E-state index in [0.29, 0.717) is 52.2 Å². The van der Waals surface area contributed by atoms with Crippen LogP contribution in [0.1, 0.15) is 25.3 Å². The van der Waals surface area contributed by atoms with Crippen LogP contribution in [0.2, 0.25) is 5.02 Å². The third-order valence-electron chi connectivity index (χ3n) is 5.68. The summed E-state index contributed by atoms with van der Waals surface area (Å²) in [6, 6.07) is 2.26. The lowest BCUT2D eigenvalue weighted by Crippen LogP contribution is -2.50. The van der Waals surface area contributed by atoms with Gasteiger partial charge in [0, 0.05) is 19.0 Å². The first-order valence-corrected chi connectivity index (χ1v) is 10.3. The van der Waals surface area contributed by atoms with Crippen LogP contribution >= 0.6 is 11.6 Å². The van der Waals surface area contributed by atoms with Crippen molar-refractivity contribution in [2.75, 3.05) is 44.7 Å². The number of carbonyl (C=O) groups is 2. The zero-order valence-electron chi connectivity index (χ0n) is 16.7. The van der Waals surface area contributed by atoms with E-state index >= 15 is 0 Å². The summed E-state index contributed by atoms with van der Waals surface area (Å²) in [5.41, 5.74) is -0.946. The van der Waals surface area contributed by atoms with Crippen LogP contribution in [0.25, 0.3) is 0 Å². The molecule has 10 heteroatoms. The highest BCUT2D eigenvalue weighted by molar-refractivity contribution is 6.33. The fourth-order valence-corrected chi connectivity index (χ4v) is 3.94. The smallest absolute Gasteiger partial charge is 0.378 e. The van der Waals surface area contributed by atoms with E-state index in [9.17, 15) is 22.8 Å². The Labute approximate surface area is 178 Å². The third kappa shape index (κ3) is 5.44. The summed E-state index contributed by atoms with van der Waals surface area (Å²) in [6.45, 7) is 5.14. The molecule has 2 aliphatic rings. The summed E-state index contributed by atoms with van der Waals surface area (Å²) in [7, 11) is 0. The standard InChI is InChI=1S/C20H25ClF3N3O3/c1-13(18(28)25-17-12-15(20(22,23)24)2-3-16(17)21)26-6-4-14(5-7-26)19(29)27-8-10-30-11-9-27/h2-3,12-14H,4-11H2,1H3,(H,25,28)/t13-/m1/s1. The molecule has 0 unspecified atom stereocenters. The molecule has 1 aromatic carbocycles. The normalized spacial score (nSPS) is 20.1. The van der Waals surface area contributed by atoms with Crippen LogP contribution in [0.15, 0.2) is 18.2 Å². The van der Waals surface area contributed by atoms with Crippen LogP contribution in [0.3, 0.4) is 0 Å². The van der Waals surface area contributed by atoms with E-state index in [-0.39, 0.29) is 22.5 Å². The number of nitrogens with zero attached hydrogens (tertiary/aromatic N) is 2. The molecule has 166 valence electrons. The summed E-state index contributed by atoms with van der Waals surface area (Å²) in [6.07, 6.45) is -3.25. The van der Waals surface area contributed by atoms with Gasteiger partial charge < -0.3 is 15.0 Å². The lowest BCUT2D eigenvalue weighted by molar-refractivity contribution is -0.141. The number of carbonyl (C=O) groups excluding carboxylic acids is 2. The van der Waals surface area contributed by atoms with Crippen molar-refractivity contribution in [3.63, 3.8) is 0 Å². The van der Waals surface area contributed by atoms with E-state index in [1.807, 2.05) is 9.80 Å². The summed E-state index contributed by atoms with van der Waals surface area (Å²) in [4.78, 5) is 29.0. The third-order valence-corrected chi connectivity index (χ3v) is 6.01. The Morgan fingerprint density at radius 2 is 1.80 bits per heavy atom. The maximum absolute atomic E-state index is 12.9. The number of halogens is 4. The maximum Gasteiger partial charge on any atom is 0.416 e. The zero-order valence-corrected chi connectivity index (χ0v) is 17.4. The van der Waals surface area contributed by atoms with E-state index in [1.165, 1.54) is 0 Å². The molecule has 1 atom stereocenters. The number of likely N-dealkylation sites (tertiary alicyclic amines) is 1. The van der Waals surface area contributed by atoms with Crippen LogP contribution in [-0.4, -0.2) is 67.0 Å². The molecule has 2 fully saturated rings. The molecule has 1 N–H and O–H groups in total. The highest BCUT2D eigenvalue weighted by Crippen LogP contribution is 2.34. The van der Waals surface area contributed by atoms with Crippen molar-refractivity contribution < 1.29 is 27.5 Å². The van der Waals surface area contributed by atoms with Gasteiger partial charge in [0.1, 0.15) is 0 Å². The van der Waals surface area contributed by atoms with Crippen LogP contribution in [-0.2, 0) is 20.5 Å². The fraction of sp³-hybridized carbons (Fsp3) is 0.600. The maximum atomic E-state index is 12.9. The van der Waals surface area contributed by atoms with E-state index in [4.69, 9.17) is 16.3 Å². The number of benzene rings is 1. The number of anilines is 1. The van der Waals surface area contributed by atoms with Crippen molar-refractivity contribution in [2.45, 2.75) is 32.0 Å². The molecule has 2 saturated heterocycles. The molecule has 0 spiro atoms. The molecule has 0 saturated carbocycles. The first-order chi connectivity index (χ1) is 14.2. The Morgan fingerprint density at radius 3 is 2.40 bits per heavy atom. The van der Waals surface area contributed by atoms with Gasteiger partial charge in [-0.05, 0) is 51.1 Å². The average Bonchev–Trinajstić information content (AvgIpc) is 2.74. The SMILES string of the molecule is C[C@H](C(=O)Nc1cc(C(F)(F)F)ccc1Cl)N1CCC(C(=O)N2CCOCC2)CC1. The molecule has 2 heterocycles. The monoisotopic (exact) mass is 447 g/mol. The van der Waals surface area contributed by atoms with Gasteiger partial charge in [0.15, 0.2) is 0 Å². The van der Waals surface area contributed by atoms with Crippen LogP contribution in [0.4, 0.5) is 18.9 Å². The Bertz CT molecular complexity index is 776. The largest absolute Gasteiger partial charge is 0.416 e. The predicted octanol–water partition coefficient (Wildman–Crippen LogP) is 3.26. The van der Waals surface area contributed by atoms with Crippen molar-refractivity contribution in [1.29, 1.82) is 0 Å². The number of alkyl halides is 3. The van der Waals surface area contributed by atoms with E-state index in [2.05, 4.69) is 5.32 Å². The Morgan fingerprint density at radius 1 is 1.17 bits per heavy atom. The number of morpholine rings is 1. The zero-order chi connectivity index (χ0) is 21.9. The van der Waals surface area contributed by atoms with Gasteiger partial charge in [0.05, 0.1) is 35.5 Å². The number of amides is 2. The van der Waals surface area contributed by atoms with E-state index < -0.39 is 23.7 Å². The van der Waals surface area contributed by atoms with E-state index in [1.54, 1.807) is 6.92 Å². The Balaban J connectivity index is 1.55. The van der Waals surface area contributed by atoms with Crippen molar-refractivity contribution in [3.8, 4) is 0 Å². The summed E-state index contributed by atoms with van der Waals surface area (Å²) in [5.74, 6) is -0.382. The molecule has 30 heavy (non-hydrogen) atoms. The first kappa shape index (κ1) is 22.8. The van der Waals surface area contributed by atoms with Gasteiger partial charge in [-0.3, -0.25) is 14.5 Å². The van der Waals surface area contributed by atoms with Gasteiger partial charge in [-0.25, -0.2) is 0 Å². The Kier molecular flexibility index (Phi) is 7.26. The highest BCUT2D eigenvalue weighted by atomic mass is 35.5. The molecule has 3 rings (SSSR count). The minimum atomic E-state index is -4.52. The second-order valence-electron chi connectivity index (χ2n) is 7.61. The van der Waals surface area contributed by atoms with Crippen LogP contribution in [0.5, 0.6) is 0 Å². The minimum absolute atomic E-state index is 0.0402. The molecule has 6 nitrogen and oxygen atoms in total. The number of piperidine rings is 1. The molecule has 0 aromatic heterocycles. The fourth-order valence-electron chi connectivity index (χ4n) is 3.78. The molecule has 2 amide bonds. The second kappa shape index (κ2) is 9.53. The van der Waals surface area contributed by atoms with Gasteiger partial charge in [-0.2, -0.15) is 13.2 Å². The summed E-state index contributed by atoms with van der Waals surface area (Å²) >= 11 is 5.96. The Hall–Kier alpha value is -1.84. The lowest BCUT2D eigenvalue weighted by Gasteiger charge is -2.37. The molecule has 2 aliphatic heterocycles. The molecule has 0 radical (unpaired) electrons. The van der Waals surface area contributed by atoms with Gasteiger partial charge in [-0.15, -0.1) is 0 Å². The van der Waals surface area contributed by atoms with Gasteiger partial charge in [0.25, 0.3) is 0 Å². The molecule has 1 aromatic rings. The first-order valence-electron chi connectivity index (χ1n) is 9.95. The molecule has 0 aliphatic carbocycles. The van der Waals surface area contributed by atoms with Gasteiger partial charge >= 0.3 is 6.18 Å². The lowest BCUT2D eigenvalue weighted by atomic mass is 9.94. The number of rotatable bonds is 4. The number of hydrogen-bond acceptors (Lipinski definition) is 4. The summed E-state index contributed by atoms with van der Waals surface area (Å²) < 4.78 is 44.0.